The van der Waals surface area contributed by atoms with Crippen LogP contribution in [0, 0.1) is 6.92 Å². The highest BCUT2D eigenvalue weighted by Crippen LogP contribution is 2.45. The summed E-state index contributed by atoms with van der Waals surface area (Å²) in [5, 5.41) is 7.83. The van der Waals surface area contributed by atoms with Gasteiger partial charge < -0.3 is 15.0 Å². The first kappa shape index (κ1) is 25.8. The van der Waals surface area contributed by atoms with E-state index in [0.29, 0.717) is 25.0 Å². The van der Waals surface area contributed by atoms with Crippen molar-refractivity contribution in [2.75, 3.05) is 43.5 Å². The van der Waals surface area contributed by atoms with E-state index in [9.17, 15) is 13.2 Å². The van der Waals surface area contributed by atoms with Crippen LogP contribution >= 0.6 is 0 Å². The van der Waals surface area contributed by atoms with Gasteiger partial charge in [-0.25, -0.2) is 18.4 Å². The van der Waals surface area contributed by atoms with Crippen LogP contribution in [0.25, 0.3) is 11.3 Å². The molecule has 1 amide bonds. The fourth-order valence-corrected chi connectivity index (χ4v) is 6.19. The maximum absolute atomic E-state index is 12.3. The quantitative estimate of drug-likeness (QED) is 0.492. The third kappa shape index (κ3) is 4.98. The van der Waals surface area contributed by atoms with Gasteiger partial charge in [0.05, 0.1) is 28.9 Å². The molecule has 0 radical (unpaired) electrons. The Morgan fingerprint density at radius 1 is 1.18 bits per heavy atom. The van der Waals surface area contributed by atoms with Gasteiger partial charge in [-0.1, -0.05) is 6.07 Å². The summed E-state index contributed by atoms with van der Waals surface area (Å²) < 4.78 is 30.9. The highest BCUT2D eigenvalue weighted by molar-refractivity contribution is 7.90. The van der Waals surface area contributed by atoms with Crippen LogP contribution in [0.3, 0.4) is 0 Å². The molecule has 0 aliphatic carbocycles. The number of fused-ring (bicyclic) bond motifs is 2. The molecule has 12 heteroatoms. The van der Waals surface area contributed by atoms with Crippen LogP contribution in [-0.2, 0) is 21.7 Å². The van der Waals surface area contributed by atoms with Crippen LogP contribution in [0.4, 0.5) is 11.5 Å². The molecular formula is C27H33N7O4S. The van der Waals surface area contributed by atoms with Crippen molar-refractivity contribution in [1.29, 1.82) is 0 Å². The topological polar surface area (TPSA) is 123 Å². The molecule has 11 nitrogen and oxygen atoms in total. The highest BCUT2D eigenvalue weighted by atomic mass is 32.2. The lowest BCUT2D eigenvalue weighted by Crippen LogP contribution is -2.65. The Morgan fingerprint density at radius 3 is 2.64 bits per heavy atom. The second-order valence-electron chi connectivity index (χ2n) is 11.0. The molecule has 5 heterocycles. The van der Waals surface area contributed by atoms with E-state index in [1.54, 1.807) is 22.1 Å². The Balaban J connectivity index is 1.14. The van der Waals surface area contributed by atoms with Gasteiger partial charge in [0.1, 0.15) is 33.8 Å². The maximum Gasteiger partial charge on any atom is 0.223 e. The summed E-state index contributed by atoms with van der Waals surface area (Å²) in [4.78, 5) is 25.5. The summed E-state index contributed by atoms with van der Waals surface area (Å²) in [5.74, 6) is 1.78. The lowest BCUT2D eigenvalue weighted by Gasteiger charge is -2.52. The van der Waals surface area contributed by atoms with Gasteiger partial charge in [0.15, 0.2) is 0 Å². The summed E-state index contributed by atoms with van der Waals surface area (Å²) >= 11 is 0. The molecule has 1 atom stereocenters. The van der Waals surface area contributed by atoms with Crippen LogP contribution in [0.5, 0.6) is 5.75 Å². The number of hydrogen-bond donors (Lipinski definition) is 1. The number of nitrogens with zero attached hydrogens (tertiary/aromatic N) is 6. The van der Waals surface area contributed by atoms with Gasteiger partial charge in [0.2, 0.25) is 5.91 Å². The Bertz CT molecular complexity index is 1540. The lowest BCUT2D eigenvalue weighted by atomic mass is 9.87. The number of benzene rings is 1. The van der Waals surface area contributed by atoms with E-state index in [0.717, 1.165) is 59.0 Å². The van der Waals surface area contributed by atoms with Crippen molar-refractivity contribution >= 4 is 27.2 Å². The molecule has 3 aromatic rings. The first-order chi connectivity index (χ1) is 18.6. The predicted octanol–water partition coefficient (Wildman–Crippen LogP) is 2.43. The molecule has 0 unspecified atom stereocenters. The predicted molar refractivity (Wildman–Crippen MR) is 147 cm³/mol. The molecule has 3 aliphatic rings. The van der Waals surface area contributed by atoms with Crippen LogP contribution in [0.2, 0.25) is 0 Å². The van der Waals surface area contributed by atoms with E-state index in [-0.39, 0.29) is 24.2 Å². The standard InChI is InChI=1S/C27H33N7O4S/c1-16-7-18(20-11-33(12-20)21-13-34(14-21)23(35)5-6-39(4,36)37)8-22-26(16)38-17(2)24-25(19-9-30-32(3)10-19)28-15-29-27(24)31-22/h7-10,15,17,20-21H,5-6,11-14H2,1-4H3,(H,28,29,31)/t17-/m1/s1. The Kier molecular flexibility index (Phi) is 6.34. The van der Waals surface area contributed by atoms with E-state index in [1.165, 1.54) is 5.56 Å². The van der Waals surface area contributed by atoms with Crippen LogP contribution in [0.1, 0.15) is 42.1 Å². The summed E-state index contributed by atoms with van der Waals surface area (Å²) in [6.07, 6.45) is 6.28. The van der Waals surface area contributed by atoms with Crippen molar-refractivity contribution in [3.8, 4) is 17.0 Å². The second-order valence-corrected chi connectivity index (χ2v) is 13.2. The van der Waals surface area contributed by atoms with Gasteiger partial charge in [0.25, 0.3) is 0 Å². The number of nitrogens with one attached hydrogen (secondary N) is 1. The molecule has 6 rings (SSSR count). The molecule has 0 spiro atoms. The number of ether oxygens (including phenoxy) is 1. The highest BCUT2D eigenvalue weighted by Gasteiger charge is 2.41. The molecule has 3 aliphatic heterocycles. The smallest absolute Gasteiger partial charge is 0.223 e. The van der Waals surface area contributed by atoms with Gasteiger partial charge in [-0.3, -0.25) is 14.4 Å². The number of sulfone groups is 1. The fourth-order valence-electron chi connectivity index (χ4n) is 5.65. The number of likely N-dealkylation sites (tertiary alicyclic amines) is 2. The minimum Gasteiger partial charge on any atom is -0.483 e. The number of carbonyl (C=O) groups is 1. The molecule has 206 valence electrons. The van der Waals surface area contributed by atoms with E-state index in [1.807, 2.05) is 20.2 Å². The normalized spacial score (nSPS) is 19.7. The van der Waals surface area contributed by atoms with Crippen LogP contribution in [0.15, 0.2) is 30.9 Å². The summed E-state index contributed by atoms with van der Waals surface area (Å²) in [6, 6.07) is 4.71. The van der Waals surface area contributed by atoms with Crippen molar-refractivity contribution in [2.45, 2.75) is 38.3 Å². The summed E-state index contributed by atoms with van der Waals surface area (Å²) in [6.45, 7) is 7.28. The zero-order valence-corrected chi connectivity index (χ0v) is 23.4. The van der Waals surface area contributed by atoms with Crippen LogP contribution < -0.4 is 10.1 Å². The fraction of sp³-hybridized carbons (Fsp3) is 0.481. The molecule has 0 bridgehead atoms. The Labute approximate surface area is 228 Å². The number of anilines is 2. The number of rotatable bonds is 6. The van der Waals surface area contributed by atoms with Crippen molar-refractivity contribution in [2.24, 2.45) is 7.05 Å². The average Bonchev–Trinajstić information content (AvgIpc) is 3.19. The number of aryl methyl sites for hydroxylation is 2. The van der Waals surface area contributed by atoms with Crippen molar-refractivity contribution < 1.29 is 17.9 Å². The summed E-state index contributed by atoms with van der Waals surface area (Å²) in [7, 11) is -1.25. The maximum atomic E-state index is 12.3. The number of carbonyl (C=O) groups excluding carboxylic acids is 1. The minimum atomic E-state index is -3.13. The monoisotopic (exact) mass is 551 g/mol. The molecule has 39 heavy (non-hydrogen) atoms. The zero-order valence-electron chi connectivity index (χ0n) is 22.6. The molecule has 2 saturated heterocycles. The zero-order chi connectivity index (χ0) is 27.5. The minimum absolute atomic E-state index is 0.0635. The van der Waals surface area contributed by atoms with Gasteiger partial charge in [-0.15, -0.1) is 0 Å². The summed E-state index contributed by atoms with van der Waals surface area (Å²) in [5.41, 5.74) is 5.83. The van der Waals surface area contributed by atoms with Gasteiger partial charge in [-0.05, 0) is 31.0 Å². The van der Waals surface area contributed by atoms with Crippen LogP contribution in [-0.4, -0.2) is 88.1 Å². The third-order valence-electron chi connectivity index (χ3n) is 7.91. The molecule has 1 aromatic carbocycles. The lowest BCUT2D eigenvalue weighted by molar-refractivity contribution is -0.139. The van der Waals surface area contributed by atoms with Crippen molar-refractivity contribution in [3.05, 3.63) is 47.5 Å². The van der Waals surface area contributed by atoms with E-state index in [2.05, 4.69) is 44.3 Å². The second kappa shape index (κ2) is 9.60. The number of hydrogen-bond acceptors (Lipinski definition) is 9. The largest absolute Gasteiger partial charge is 0.483 e. The van der Waals surface area contributed by atoms with Gasteiger partial charge >= 0.3 is 0 Å². The molecule has 1 N–H and O–H groups in total. The molecule has 2 aromatic heterocycles. The Hall–Kier alpha value is -3.51. The van der Waals surface area contributed by atoms with Gasteiger partial charge in [0, 0.05) is 69.6 Å². The Morgan fingerprint density at radius 2 is 1.95 bits per heavy atom. The van der Waals surface area contributed by atoms with Gasteiger partial charge in [-0.2, -0.15) is 5.10 Å². The number of amides is 1. The molecule has 2 fully saturated rings. The van der Waals surface area contributed by atoms with E-state index in [4.69, 9.17) is 4.74 Å². The van der Waals surface area contributed by atoms with Crippen molar-refractivity contribution in [1.82, 2.24) is 29.5 Å². The van der Waals surface area contributed by atoms with E-state index < -0.39 is 9.84 Å². The average molecular weight is 552 g/mol. The first-order valence-corrected chi connectivity index (χ1v) is 15.2. The van der Waals surface area contributed by atoms with Crippen molar-refractivity contribution in [3.63, 3.8) is 0 Å². The third-order valence-corrected chi connectivity index (χ3v) is 8.86. The molecule has 0 saturated carbocycles. The first-order valence-electron chi connectivity index (χ1n) is 13.2. The van der Waals surface area contributed by atoms with E-state index >= 15 is 0 Å². The number of aromatic nitrogens is 4. The SMILES string of the molecule is Cc1cc(C2CN(C3CN(C(=O)CCS(C)(=O)=O)C3)C2)cc2c1O[C@H](C)c1c(ncnc1-c1cnn(C)c1)N2. The molecular weight excluding hydrogens is 518 g/mol.